The van der Waals surface area contributed by atoms with Crippen LogP contribution in [-0.2, 0) is 10.2 Å². The standard InChI is InChI=1S/C16H24O3/c1-15(2,3)11-7-9-12(10-8-11)19-13(14(17)18)16(4,5)6/h7-10,13H,1-6H3,(H,17,18). The predicted molar refractivity (Wildman–Crippen MR) is 76.6 cm³/mol. The van der Waals surface area contributed by atoms with Crippen LogP contribution in [0.2, 0.25) is 0 Å². The first-order chi connectivity index (χ1) is 8.51. The Morgan fingerprint density at radius 3 is 1.84 bits per heavy atom. The number of ether oxygens (including phenoxy) is 1. The molecule has 0 radical (unpaired) electrons. The highest BCUT2D eigenvalue weighted by Gasteiger charge is 2.33. The van der Waals surface area contributed by atoms with E-state index in [4.69, 9.17) is 4.74 Å². The minimum Gasteiger partial charge on any atom is -0.478 e. The Hall–Kier alpha value is -1.51. The van der Waals surface area contributed by atoms with Gasteiger partial charge in [0.25, 0.3) is 0 Å². The van der Waals surface area contributed by atoms with Gasteiger partial charge >= 0.3 is 5.97 Å². The van der Waals surface area contributed by atoms with Crippen LogP contribution in [0.25, 0.3) is 0 Å². The number of rotatable bonds is 3. The van der Waals surface area contributed by atoms with E-state index in [1.807, 2.05) is 45.0 Å². The van der Waals surface area contributed by atoms with Gasteiger partial charge in [-0.2, -0.15) is 0 Å². The average Bonchev–Trinajstić information content (AvgIpc) is 2.23. The van der Waals surface area contributed by atoms with Gasteiger partial charge in [0, 0.05) is 5.41 Å². The molecule has 0 spiro atoms. The molecular formula is C16H24O3. The first-order valence-electron chi connectivity index (χ1n) is 6.52. The highest BCUT2D eigenvalue weighted by atomic mass is 16.5. The number of aliphatic carboxylic acids is 1. The summed E-state index contributed by atoms with van der Waals surface area (Å²) < 4.78 is 5.61. The molecule has 1 aromatic rings. The zero-order chi connectivity index (χ0) is 14.8. The maximum absolute atomic E-state index is 11.3. The molecule has 0 fully saturated rings. The van der Waals surface area contributed by atoms with E-state index in [9.17, 15) is 9.90 Å². The van der Waals surface area contributed by atoms with Crippen molar-refractivity contribution in [3.8, 4) is 5.75 Å². The molecule has 0 saturated carbocycles. The predicted octanol–water partition coefficient (Wildman–Crippen LogP) is 3.86. The van der Waals surface area contributed by atoms with Crippen LogP contribution in [0.5, 0.6) is 5.75 Å². The topological polar surface area (TPSA) is 46.5 Å². The summed E-state index contributed by atoms with van der Waals surface area (Å²) >= 11 is 0. The molecule has 1 atom stereocenters. The molecule has 3 heteroatoms. The Kier molecular flexibility index (Phi) is 4.28. The van der Waals surface area contributed by atoms with Crippen molar-refractivity contribution in [3.63, 3.8) is 0 Å². The third-order valence-electron chi connectivity index (χ3n) is 2.99. The lowest BCUT2D eigenvalue weighted by molar-refractivity contribution is -0.150. The van der Waals surface area contributed by atoms with Gasteiger partial charge in [-0.05, 0) is 23.1 Å². The second-order valence-corrected chi connectivity index (χ2v) is 6.98. The summed E-state index contributed by atoms with van der Waals surface area (Å²) in [6.45, 7) is 12.0. The van der Waals surface area contributed by atoms with Crippen LogP contribution in [0.3, 0.4) is 0 Å². The Labute approximate surface area is 115 Å². The molecule has 0 bridgehead atoms. The molecule has 0 saturated heterocycles. The zero-order valence-electron chi connectivity index (χ0n) is 12.7. The van der Waals surface area contributed by atoms with E-state index in [1.165, 1.54) is 5.56 Å². The summed E-state index contributed by atoms with van der Waals surface area (Å²) in [5.74, 6) is -0.345. The van der Waals surface area contributed by atoms with Gasteiger partial charge in [-0.1, -0.05) is 53.7 Å². The van der Waals surface area contributed by atoms with Crippen molar-refractivity contribution in [2.24, 2.45) is 5.41 Å². The van der Waals surface area contributed by atoms with Crippen LogP contribution < -0.4 is 4.74 Å². The smallest absolute Gasteiger partial charge is 0.345 e. The third kappa shape index (κ3) is 4.27. The molecule has 0 heterocycles. The van der Waals surface area contributed by atoms with Crippen molar-refractivity contribution in [2.45, 2.75) is 53.1 Å². The first kappa shape index (κ1) is 15.5. The van der Waals surface area contributed by atoms with E-state index < -0.39 is 17.5 Å². The summed E-state index contributed by atoms with van der Waals surface area (Å²) in [4.78, 5) is 11.3. The molecule has 106 valence electrons. The molecule has 0 aliphatic carbocycles. The number of hydrogen-bond acceptors (Lipinski definition) is 2. The maximum Gasteiger partial charge on any atom is 0.345 e. The van der Waals surface area contributed by atoms with Crippen molar-refractivity contribution in [1.82, 2.24) is 0 Å². The Bertz CT molecular complexity index is 433. The molecule has 0 aliphatic rings. The number of carbonyl (C=O) groups is 1. The van der Waals surface area contributed by atoms with Crippen LogP contribution >= 0.6 is 0 Å². The average molecular weight is 264 g/mol. The van der Waals surface area contributed by atoms with Crippen molar-refractivity contribution < 1.29 is 14.6 Å². The fourth-order valence-electron chi connectivity index (χ4n) is 1.77. The maximum atomic E-state index is 11.3. The lowest BCUT2D eigenvalue weighted by Gasteiger charge is -2.28. The van der Waals surface area contributed by atoms with Crippen molar-refractivity contribution in [1.29, 1.82) is 0 Å². The highest BCUT2D eigenvalue weighted by Crippen LogP contribution is 2.28. The van der Waals surface area contributed by atoms with Gasteiger partial charge in [-0.3, -0.25) is 0 Å². The second kappa shape index (κ2) is 5.24. The van der Waals surface area contributed by atoms with Gasteiger partial charge in [-0.25, -0.2) is 4.79 Å². The Morgan fingerprint density at radius 2 is 1.53 bits per heavy atom. The lowest BCUT2D eigenvalue weighted by atomic mass is 9.87. The van der Waals surface area contributed by atoms with Crippen LogP contribution in [0.4, 0.5) is 0 Å². The highest BCUT2D eigenvalue weighted by molar-refractivity contribution is 5.73. The van der Waals surface area contributed by atoms with E-state index in [0.717, 1.165) is 0 Å². The third-order valence-corrected chi connectivity index (χ3v) is 2.99. The monoisotopic (exact) mass is 264 g/mol. The van der Waals surface area contributed by atoms with Gasteiger partial charge in [-0.15, -0.1) is 0 Å². The van der Waals surface area contributed by atoms with Gasteiger partial charge in [0.15, 0.2) is 6.10 Å². The molecule has 0 amide bonds. The van der Waals surface area contributed by atoms with E-state index in [-0.39, 0.29) is 5.41 Å². The van der Waals surface area contributed by atoms with Gasteiger partial charge in [0.2, 0.25) is 0 Å². The fraction of sp³-hybridized carbons (Fsp3) is 0.562. The van der Waals surface area contributed by atoms with Gasteiger partial charge in [0.05, 0.1) is 0 Å². The molecule has 0 aliphatic heterocycles. The van der Waals surface area contributed by atoms with Crippen molar-refractivity contribution in [2.75, 3.05) is 0 Å². The molecular weight excluding hydrogens is 240 g/mol. The molecule has 1 rings (SSSR count). The molecule has 1 unspecified atom stereocenters. The largest absolute Gasteiger partial charge is 0.478 e. The summed E-state index contributed by atoms with van der Waals surface area (Å²) in [6.07, 6.45) is -0.854. The summed E-state index contributed by atoms with van der Waals surface area (Å²) in [5, 5.41) is 9.23. The molecule has 0 aromatic heterocycles. The minimum atomic E-state index is -0.938. The van der Waals surface area contributed by atoms with E-state index >= 15 is 0 Å². The molecule has 1 aromatic carbocycles. The number of carboxylic acid groups (broad SMARTS) is 1. The Morgan fingerprint density at radius 1 is 1.05 bits per heavy atom. The molecule has 19 heavy (non-hydrogen) atoms. The summed E-state index contributed by atoms with van der Waals surface area (Å²) in [7, 11) is 0. The molecule has 1 N–H and O–H groups in total. The number of hydrogen-bond donors (Lipinski definition) is 1. The van der Waals surface area contributed by atoms with E-state index in [1.54, 1.807) is 0 Å². The van der Waals surface area contributed by atoms with Gasteiger partial charge in [0.1, 0.15) is 5.75 Å². The lowest BCUT2D eigenvalue weighted by Crippen LogP contribution is -2.39. The minimum absolute atomic E-state index is 0.0781. The quantitative estimate of drug-likeness (QED) is 0.901. The number of carboxylic acids is 1. The normalized spacial score (nSPS) is 14.0. The van der Waals surface area contributed by atoms with Gasteiger partial charge < -0.3 is 9.84 Å². The second-order valence-electron chi connectivity index (χ2n) is 6.98. The van der Waals surface area contributed by atoms with Crippen LogP contribution in [0.1, 0.15) is 47.1 Å². The van der Waals surface area contributed by atoms with Crippen LogP contribution in [0, 0.1) is 5.41 Å². The fourth-order valence-corrected chi connectivity index (χ4v) is 1.77. The summed E-state index contributed by atoms with van der Waals surface area (Å²) in [6, 6.07) is 7.64. The van der Waals surface area contributed by atoms with E-state index in [0.29, 0.717) is 5.75 Å². The Balaban J connectivity index is 2.91. The first-order valence-corrected chi connectivity index (χ1v) is 6.52. The molecule has 3 nitrogen and oxygen atoms in total. The van der Waals surface area contributed by atoms with Crippen LogP contribution in [0.15, 0.2) is 24.3 Å². The SMILES string of the molecule is CC(C)(C)c1ccc(OC(C(=O)O)C(C)(C)C)cc1. The van der Waals surface area contributed by atoms with E-state index in [2.05, 4.69) is 20.8 Å². The number of benzene rings is 1. The van der Waals surface area contributed by atoms with Crippen molar-refractivity contribution in [3.05, 3.63) is 29.8 Å². The summed E-state index contributed by atoms with van der Waals surface area (Å²) in [5.41, 5.74) is 0.825. The van der Waals surface area contributed by atoms with Crippen LogP contribution in [-0.4, -0.2) is 17.2 Å². The van der Waals surface area contributed by atoms with Crippen molar-refractivity contribution >= 4 is 5.97 Å². The zero-order valence-corrected chi connectivity index (χ0v) is 12.7.